The Kier molecular flexibility index (Phi) is 4.94. The highest BCUT2D eigenvalue weighted by Crippen LogP contribution is 2.18. The van der Waals surface area contributed by atoms with E-state index in [1.807, 2.05) is 18.4 Å². The lowest BCUT2D eigenvalue weighted by atomic mass is 10.1. The summed E-state index contributed by atoms with van der Waals surface area (Å²) in [5, 5.41) is 13.6. The van der Waals surface area contributed by atoms with Crippen molar-refractivity contribution in [1.29, 1.82) is 0 Å². The van der Waals surface area contributed by atoms with Gasteiger partial charge >= 0.3 is 0 Å². The molecule has 0 bridgehead atoms. The molecule has 5 nitrogen and oxygen atoms in total. The maximum Gasteiger partial charge on any atom is 0.274 e. The Hall–Kier alpha value is -2.34. The number of benzene rings is 2. The van der Waals surface area contributed by atoms with Crippen LogP contribution in [0.3, 0.4) is 0 Å². The van der Waals surface area contributed by atoms with Gasteiger partial charge in [-0.2, -0.15) is 0 Å². The normalized spacial score (nSPS) is 10.1. The number of hydrogen-bond donors (Lipinski definition) is 1. The Balaban J connectivity index is 2.05. The van der Waals surface area contributed by atoms with Crippen molar-refractivity contribution in [3.8, 4) is 0 Å². The van der Waals surface area contributed by atoms with Gasteiger partial charge in [0, 0.05) is 28.6 Å². The molecule has 21 heavy (non-hydrogen) atoms. The zero-order chi connectivity index (χ0) is 15.2. The van der Waals surface area contributed by atoms with Crippen LogP contribution in [0.1, 0.15) is 15.9 Å². The van der Waals surface area contributed by atoms with Gasteiger partial charge in [-0.05, 0) is 30.5 Å². The highest BCUT2D eigenvalue weighted by atomic mass is 32.2. The zero-order valence-electron chi connectivity index (χ0n) is 11.4. The van der Waals surface area contributed by atoms with Crippen LogP contribution in [0.5, 0.6) is 0 Å². The first kappa shape index (κ1) is 15.1. The third kappa shape index (κ3) is 3.82. The van der Waals surface area contributed by atoms with Crippen molar-refractivity contribution in [2.24, 2.45) is 0 Å². The van der Waals surface area contributed by atoms with Crippen LogP contribution in [0.4, 0.5) is 5.69 Å². The van der Waals surface area contributed by atoms with E-state index in [9.17, 15) is 14.9 Å². The smallest absolute Gasteiger partial charge is 0.274 e. The van der Waals surface area contributed by atoms with Crippen LogP contribution in [-0.2, 0) is 6.54 Å². The first-order valence-electron chi connectivity index (χ1n) is 6.26. The third-order valence-electron chi connectivity index (χ3n) is 2.98. The van der Waals surface area contributed by atoms with E-state index in [4.69, 9.17) is 0 Å². The number of carbonyl (C=O) groups excluding carboxylic acids is 1. The Morgan fingerprint density at radius 1 is 1.19 bits per heavy atom. The molecule has 0 heterocycles. The molecule has 6 heteroatoms. The summed E-state index contributed by atoms with van der Waals surface area (Å²) in [5.41, 5.74) is 1.03. The lowest BCUT2D eigenvalue weighted by molar-refractivity contribution is -0.385. The first-order valence-corrected chi connectivity index (χ1v) is 7.49. The minimum atomic E-state index is -0.450. The summed E-state index contributed by atoms with van der Waals surface area (Å²) in [4.78, 5) is 23.5. The number of rotatable bonds is 5. The molecule has 2 aromatic carbocycles. The maximum absolute atomic E-state index is 12.0. The van der Waals surface area contributed by atoms with Crippen LogP contribution in [0, 0.1) is 10.1 Å². The van der Waals surface area contributed by atoms with Gasteiger partial charge in [-0.25, -0.2) is 0 Å². The van der Waals surface area contributed by atoms with Crippen molar-refractivity contribution in [2.45, 2.75) is 11.4 Å². The molecule has 0 aliphatic heterocycles. The molecule has 0 atom stereocenters. The number of para-hydroxylation sites is 1. The fourth-order valence-electron chi connectivity index (χ4n) is 1.86. The Bertz CT molecular complexity index is 656. The van der Waals surface area contributed by atoms with E-state index in [0.717, 1.165) is 4.90 Å². The Morgan fingerprint density at radius 3 is 2.48 bits per heavy atom. The molecule has 0 saturated heterocycles. The molecule has 0 fully saturated rings. The largest absolute Gasteiger partial charge is 0.348 e. The van der Waals surface area contributed by atoms with Gasteiger partial charge in [-0.1, -0.05) is 18.2 Å². The van der Waals surface area contributed by atoms with Crippen LogP contribution in [0.15, 0.2) is 53.4 Å². The van der Waals surface area contributed by atoms with Gasteiger partial charge in [0.15, 0.2) is 0 Å². The Morgan fingerprint density at radius 2 is 1.86 bits per heavy atom. The SMILES string of the molecule is CSc1ccc(C(=O)NCc2ccccc2[N+](=O)[O-])cc1. The predicted octanol–water partition coefficient (Wildman–Crippen LogP) is 3.25. The van der Waals surface area contributed by atoms with Crippen LogP contribution >= 0.6 is 11.8 Å². The second kappa shape index (κ2) is 6.90. The lowest BCUT2D eigenvalue weighted by Gasteiger charge is -2.06. The highest BCUT2D eigenvalue weighted by molar-refractivity contribution is 7.98. The zero-order valence-corrected chi connectivity index (χ0v) is 12.2. The predicted molar refractivity (Wildman–Crippen MR) is 82.5 cm³/mol. The van der Waals surface area contributed by atoms with Crippen LogP contribution in [0.2, 0.25) is 0 Å². The van der Waals surface area contributed by atoms with Crippen LogP contribution in [0.25, 0.3) is 0 Å². The summed E-state index contributed by atoms with van der Waals surface area (Å²) in [6.07, 6.45) is 1.96. The Labute approximate surface area is 126 Å². The van der Waals surface area contributed by atoms with Gasteiger partial charge < -0.3 is 5.32 Å². The molecule has 0 spiro atoms. The van der Waals surface area contributed by atoms with E-state index >= 15 is 0 Å². The number of nitro groups is 1. The van der Waals surface area contributed by atoms with Gasteiger partial charge in [-0.15, -0.1) is 11.8 Å². The lowest BCUT2D eigenvalue weighted by Crippen LogP contribution is -2.23. The van der Waals surface area contributed by atoms with Gasteiger partial charge in [0.1, 0.15) is 0 Å². The van der Waals surface area contributed by atoms with E-state index in [2.05, 4.69) is 5.32 Å². The summed E-state index contributed by atoms with van der Waals surface area (Å²) in [6, 6.07) is 13.6. The number of hydrogen-bond acceptors (Lipinski definition) is 4. The molecule has 0 aliphatic carbocycles. The molecule has 108 valence electrons. The molecule has 1 amide bonds. The summed E-state index contributed by atoms with van der Waals surface area (Å²) < 4.78 is 0. The van der Waals surface area contributed by atoms with Crippen molar-refractivity contribution in [2.75, 3.05) is 6.26 Å². The number of thioether (sulfide) groups is 1. The first-order chi connectivity index (χ1) is 10.1. The molecule has 2 rings (SSSR count). The standard InChI is InChI=1S/C15H14N2O3S/c1-21-13-8-6-11(7-9-13)15(18)16-10-12-4-2-3-5-14(12)17(19)20/h2-9H,10H2,1H3,(H,16,18). The fraction of sp³-hybridized carbons (Fsp3) is 0.133. The van der Waals surface area contributed by atoms with Crippen molar-refractivity contribution >= 4 is 23.4 Å². The summed E-state index contributed by atoms with van der Waals surface area (Å²) in [5.74, 6) is -0.249. The van der Waals surface area contributed by atoms with Crippen molar-refractivity contribution in [3.05, 3.63) is 69.8 Å². The molecule has 0 radical (unpaired) electrons. The number of nitrogens with zero attached hydrogens (tertiary/aromatic N) is 1. The second-order valence-corrected chi connectivity index (χ2v) is 5.18. The number of nitrogens with one attached hydrogen (secondary N) is 1. The molecular formula is C15H14N2O3S. The molecule has 1 N–H and O–H groups in total. The number of carbonyl (C=O) groups is 1. The second-order valence-electron chi connectivity index (χ2n) is 4.30. The monoisotopic (exact) mass is 302 g/mol. The minimum Gasteiger partial charge on any atom is -0.348 e. The topological polar surface area (TPSA) is 72.2 Å². The highest BCUT2D eigenvalue weighted by Gasteiger charge is 2.13. The van der Waals surface area contributed by atoms with E-state index in [1.54, 1.807) is 42.1 Å². The molecule has 0 unspecified atom stereocenters. The average Bonchev–Trinajstić information content (AvgIpc) is 2.52. The van der Waals surface area contributed by atoms with Crippen LogP contribution in [-0.4, -0.2) is 17.1 Å². The molecule has 0 saturated carbocycles. The van der Waals surface area contributed by atoms with Crippen molar-refractivity contribution < 1.29 is 9.72 Å². The minimum absolute atomic E-state index is 0.00975. The molecular weight excluding hydrogens is 288 g/mol. The molecule has 0 aliphatic rings. The summed E-state index contributed by atoms with van der Waals surface area (Å²) >= 11 is 1.60. The average molecular weight is 302 g/mol. The van der Waals surface area contributed by atoms with E-state index in [-0.39, 0.29) is 18.1 Å². The van der Waals surface area contributed by atoms with Gasteiger partial charge in [0.25, 0.3) is 11.6 Å². The summed E-state index contributed by atoms with van der Waals surface area (Å²) in [6.45, 7) is 0.125. The summed E-state index contributed by atoms with van der Waals surface area (Å²) in [7, 11) is 0. The third-order valence-corrected chi connectivity index (χ3v) is 3.72. The van der Waals surface area contributed by atoms with E-state index in [1.165, 1.54) is 6.07 Å². The quantitative estimate of drug-likeness (QED) is 0.523. The number of nitro benzene ring substituents is 1. The fourth-order valence-corrected chi connectivity index (χ4v) is 2.27. The van der Waals surface area contributed by atoms with Gasteiger partial charge in [-0.3, -0.25) is 14.9 Å². The van der Waals surface area contributed by atoms with Crippen molar-refractivity contribution in [3.63, 3.8) is 0 Å². The van der Waals surface area contributed by atoms with E-state index in [0.29, 0.717) is 11.1 Å². The molecule has 0 aromatic heterocycles. The number of amides is 1. The van der Waals surface area contributed by atoms with Gasteiger partial charge in [0.2, 0.25) is 0 Å². The molecule has 2 aromatic rings. The van der Waals surface area contributed by atoms with Gasteiger partial charge in [0.05, 0.1) is 4.92 Å². The van der Waals surface area contributed by atoms with Crippen LogP contribution < -0.4 is 5.32 Å². The maximum atomic E-state index is 12.0. The van der Waals surface area contributed by atoms with E-state index < -0.39 is 4.92 Å². The van der Waals surface area contributed by atoms with Crippen molar-refractivity contribution in [1.82, 2.24) is 5.32 Å².